The van der Waals surface area contributed by atoms with E-state index < -0.39 is 10.0 Å². The number of nitrogens with zero attached hydrogens (tertiary/aromatic N) is 3. The number of aliphatic imine (C=N–C) groups is 1. The zero-order valence-electron chi connectivity index (χ0n) is 14.2. The van der Waals surface area contributed by atoms with Crippen LogP contribution in [0.1, 0.15) is 19.8 Å². The van der Waals surface area contributed by atoms with Crippen LogP contribution in [-0.2, 0) is 14.8 Å². The summed E-state index contributed by atoms with van der Waals surface area (Å²) < 4.78 is 30.1. The second kappa shape index (κ2) is 9.32. The molecule has 1 atom stereocenters. The van der Waals surface area contributed by atoms with Gasteiger partial charge < -0.3 is 15.0 Å². The summed E-state index contributed by atoms with van der Waals surface area (Å²) in [4.78, 5) is 6.37. The summed E-state index contributed by atoms with van der Waals surface area (Å²) in [6.45, 7) is 5.46. The molecule has 7 nitrogen and oxygen atoms in total. The van der Waals surface area contributed by atoms with E-state index in [9.17, 15) is 8.42 Å². The molecule has 1 unspecified atom stereocenters. The normalized spacial score (nSPS) is 19.7. The molecule has 1 fully saturated rings. The molecule has 0 aliphatic carbocycles. The molecule has 0 aromatic rings. The van der Waals surface area contributed by atoms with Gasteiger partial charge in [0.25, 0.3) is 0 Å². The molecule has 0 radical (unpaired) electrons. The molecule has 1 heterocycles. The number of nitrogens with one attached hydrogen (secondary N) is 1. The third-order valence-corrected chi connectivity index (χ3v) is 5.76. The number of sulfonamides is 1. The van der Waals surface area contributed by atoms with E-state index >= 15 is 0 Å². The molecule has 0 saturated carbocycles. The summed E-state index contributed by atoms with van der Waals surface area (Å²) in [6, 6.07) is 0. The van der Waals surface area contributed by atoms with E-state index in [0.717, 1.165) is 38.6 Å². The molecule has 0 spiro atoms. The third kappa shape index (κ3) is 6.10. The van der Waals surface area contributed by atoms with Crippen molar-refractivity contribution in [3.8, 4) is 0 Å². The van der Waals surface area contributed by atoms with E-state index in [1.807, 2.05) is 7.05 Å². The first-order valence-electron chi connectivity index (χ1n) is 7.84. The molecular formula is C14H30N4O3S. The Morgan fingerprint density at radius 1 is 1.41 bits per heavy atom. The number of hydrogen-bond acceptors (Lipinski definition) is 4. The lowest BCUT2D eigenvalue weighted by molar-refractivity contribution is 0.181. The number of guanidine groups is 1. The van der Waals surface area contributed by atoms with Gasteiger partial charge >= 0.3 is 0 Å². The van der Waals surface area contributed by atoms with Crippen LogP contribution in [0.25, 0.3) is 0 Å². The fourth-order valence-electron chi connectivity index (χ4n) is 2.45. The van der Waals surface area contributed by atoms with E-state index in [0.29, 0.717) is 19.0 Å². The maximum absolute atomic E-state index is 11.6. The largest absolute Gasteiger partial charge is 0.381 e. The summed E-state index contributed by atoms with van der Waals surface area (Å²) in [5.41, 5.74) is 0. The van der Waals surface area contributed by atoms with Crippen LogP contribution in [0.2, 0.25) is 0 Å². The van der Waals surface area contributed by atoms with Crippen molar-refractivity contribution in [1.29, 1.82) is 0 Å². The molecule has 0 amide bonds. The van der Waals surface area contributed by atoms with Crippen LogP contribution in [-0.4, -0.2) is 83.3 Å². The SMILES string of the molecule is CCS(=O)(=O)N(C)CCCNC(=NC)N(C)CC1CCOC1. The molecule has 0 bridgehead atoms. The molecule has 22 heavy (non-hydrogen) atoms. The van der Waals surface area contributed by atoms with Gasteiger partial charge in [-0.05, 0) is 19.8 Å². The Balaban J connectivity index is 2.29. The van der Waals surface area contributed by atoms with Gasteiger partial charge in [0, 0.05) is 53.3 Å². The van der Waals surface area contributed by atoms with Crippen LogP contribution in [0, 0.1) is 5.92 Å². The summed E-state index contributed by atoms with van der Waals surface area (Å²) in [6.07, 6.45) is 1.84. The number of rotatable bonds is 8. The molecule has 130 valence electrons. The van der Waals surface area contributed by atoms with E-state index in [1.165, 1.54) is 4.31 Å². The van der Waals surface area contributed by atoms with Crippen LogP contribution in [0.15, 0.2) is 4.99 Å². The summed E-state index contributed by atoms with van der Waals surface area (Å²) >= 11 is 0. The average molecular weight is 334 g/mol. The van der Waals surface area contributed by atoms with Crippen molar-refractivity contribution >= 4 is 16.0 Å². The maximum atomic E-state index is 11.6. The van der Waals surface area contributed by atoms with Crippen molar-refractivity contribution in [2.24, 2.45) is 10.9 Å². The first-order valence-corrected chi connectivity index (χ1v) is 9.45. The van der Waals surface area contributed by atoms with Crippen molar-refractivity contribution in [3.63, 3.8) is 0 Å². The van der Waals surface area contributed by atoms with Crippen molar-refractivity contribution in [1.82, 2.24) is 14.5 Å². The molecule has 1 N–H and O–H groups in total. The Labute approximate surface area is 134 Å². The number of ether oxygens (including phenoxy) is 1. The Hall–Kier alpha value is -0.860. The van der Waals surface area contributed by atoms with E-state index in [2.05, 4.69) is 15.2 Å². The Morgan fingerprint density at radius 2 is 2.14 bits per heavy atom. The molecular weight excluding hydrogens is 304 g/mol. The van der Waals surface area contributed by atoms with Gasteiger partial charge in [-0.2, -0.15) is 0 Å². The Morgan fingerprint density at radius 3 is 2.68 bits per heavy atom. The van der Waals surface area contributed by atoms with E-state index in [1.54, 1.807) is 21.0 Å². The first kappa shape index (κ1) is 19.2. The second-order valence-corrected chi connectivity index (χ2v) is 8.02. The molecule has 1 aliphatic rings. The smallest absolute Gasteiger partial charge is 0.213 e. The van der Waals surface area contributed by atoms with Crippen LogP contribution >= 0.6 is 0 Å². The minimum Gasteiger partial charge on any atom is -0.381 e. The minimum absolute atomic E-state index is 0.144. The van der Waals surface area contributed by atoms with Crippen molar-refractivity contribution in [3.05, 3.63) is 0 Å². The zero-order valence-corrected chi connectivity index (χ0v) is 15.0. The van der Waals surface area contributed by atoms with Gasteiger partial charge in [0.1, 0.15) is 0 Å². The van der Waals surface area contributed by atoms with Crippen LogP contribution in [0.3, 0.4) is 0 Å². The van der Waals surface area contributed by atoms with Gasteiger partial charge in [0.15, 0.2) is 5.96 Å². The lowest BCUT2D eigenvalue weighted by Crippen LogP contribution is -2.42. The van der Waals surface area contributed by atoms with Crippen molar-refractivity contribution in [2.75, 3.05) is 59.7 Å². The lowest BCUT2D eigenvalue weighted by Gasteiger charge is -2.24. The van der Waals surface area contributed by atoms with Crippen LogP contribution in [0.5, 0.6) is 0 Å². The second-order valence-electron chi connectivity index (χ2n) is 5.66. The fraction of sp³-hybridized carbons (Fsp3) is 0.929. The quantitative estimate of drug-likeness (QED) is 0.390. The Kier molecular flexibility index (Phi) is 8.13. The minimum atomic E-state index is -3.09. The topological polar surface area (TPSA) is 74.2 Å². The van der Waals surface area contributed by atoms with Crippen LogP contribution in [0.4, 0.5) is 0 Å². The summed E-state index contributed by atoms with van der Waals surface area (Å²) in [5, 5.41) is 3.28. The standard InChI is InChI=1S/C14H30N4O3S/c1-5-22(19,20)18(4)9-6-8-16-14(15-2)17(3)11-13-7-10-21-12-13/h13H,5-12H2,1-4H3,(H,15,16). The number of hydrogen-bond donors (Lipinski definition) is 1. The van der Waals surface area contributed by atoms with Gasteiger partial charge in [-0.3, -0.25) is 4.99 Å². The van der Waals surface area contributed by atoms with Gasteiger partial charge in [-0.1, -0.05) is 0 Å². The lowest BCUT2D eigenvalue weighted by atomic mass is 10.1. The maximum Gasteiger partial charge on any atom is 0.213 e. The molecule has 0 aromatic heterocycles. The van der Waals surface area contributed by atoms with Gasteiger partial charge in [0.2, 0.25) is 10.0 Å². The predicted octanol–water partition coefficient (Wildman–Crippen LogP) is 0.202. The van der Waals surface area contributed by atoms with Crippen molar-refractivity contribution < 1.29 is 13.2 Å². The highest BCUT2D eigenvalue weighted by Gasteiger charge is 2.19. The van der Waals surface area contributed by atoms with Crippen LogP contribution < -0.4 is 5.32 Å². The monoisotopic (exact) mass is 334 g/mol. The van der Waals surface area contributed by atoms with E-state index in [-0.39, 0.29) is 5.75 Å². The highest BCUT2D eigenvalue weighted by Crippen LogP contribution is 2.13. The fourth-order valence-corrected chi connectivity index (χ4v) is 3.30. The zero-order chi connectivity index (χ0) is 16.6. The van der Waals surface area contributed by atoms with Gasteiger partial charge in [-0.25, -0.2) is 12.7 Å². The molecule has 0 aromatic carbocycles. The molecule has 1 rings (SSSR count). The average Bonchev–Trinajstić information content (AvgIpc) is 2.99. The van der Waals surface area contributed by atoms with E-state index in [4.69, 9.17) is 4.74 Å². The Bertz CT molecular complexity index is 447. The molecule has 1 saturated heterocycles. The highest BCUT2D eigenvalue weighted by atomic mass is 32.2. The highest BCUT2D eigenvalue weighted by molar-refractivity contribution is 7.89. The van der Waals surface area contributed by atoms with Gasteiger partial charge in [-0.15, -0.1) is 0 Å². The third-order valence-electron chi connectivity index (χ3n) is 3.90. The summed E-state index contributed by atoms with van der Waals surface area (Å²) in [5.74, 6) is 1.54. The van der Waals surface area contributed by atoms with Gasteiger partial charge in [0.05, 0.1) is 12.4 Å². The molecule has 8 heteroatoms. The molecule has 1 aliphatic heterocycles. The predicted molar refractivity (Wildman–Crippen MR) is 89.6 cm³/mol. The van der Waals surface area contributed by atoms with Crippen molar-refractivity contribution in [2.45, 2.75) is 19.8 Å². The first-order chi connectivity index (χ1) is 10.4. The summed E-state index contributed by atoms with van der Waals surface area (Å²) in [7, 11) is 2.32.